The molecule has 0 spiro atoms. The maximum atomic E-state index is 10.6. The molecule has 2 N–H and O–H groups in total. The number of hydrogen-bond donors (Lipinski definition) is 2. The first-order valence-corrected chi connectivity index (χ1v) is 5.79. The summed E-state index contributed by atoms with van der Waals surface area (Å²) in [5.41, 5.74) is 1.34. The first kappa shape index (κ1) is 11.2. The summed E-state index contributed by atoms with van der Waals surface area (Å²) in [6.45, 7) is 6.16. The average molecular weight is 217 g/mol. The second kappa shape index (κ2) is 3.95. The molecule has 2 heteroatoms. The molecule has 0 amide bonds. The van der Waals surface area contributed by atoms with Gasteiger partial charge in [0.15, 0.2) is 0 Å². The third-order valence-electron chi connectivity index (χ3n) is 2.98. The van der Waals surface area contributed by atoms with Gasteiger partial charge in [0.2, 0.25) is 0 Å². The summed E-state index contributed by atoms with van der Waals surface area (Å²) in [7, 11) is 0. The van der Waals surface area contributed by atoms with Gasteiger partial charge in [0.1, 0.15) is 0 Å². The van der Waals surface area contributed by atoms with Crippen molar-refractivity contribution in [3.63, 3.8) is 0 Å². The fraction of sp³-hybridized carbons (Fsp3) is 0.429. The van der Waals surface area contributed by atoms with Gasteiger partial charge in [-0.25, -0.2) is 0 Å². The number of benzene rings is 1. The average Bonchev–Trinajstić information content (AvgIpc) is 2.62. The summed E-state index contributed by atoms with van der Waals surface area (Å²) in [5, 5.41) is 11.7. The predicted octanol–water partition coefficient (Wildman–Crippen LogP) is 3.42. The Bertz CT molecular complexity index is 482. The standard InChI is InChI=1S/C14H19NO/c1-10(2)9-14(3,16)12-5-4-6-13-11(12)7-8-15-13/h4-8,10,15-16H,9H2,1-3H3. The molecule has 2 nitrogen and oxygen atoms in total. The number of hydrogen-bond acceptors (Lipinski definition) is 1. The molecule has 86 valence electrons. The fourth-order valence-corrected chi connectivity index (χ4v) is 2.46. The monoisotopic (exact) mass is 217 g/mol. The zero-order valence-electron chi connectivity index (χ0n) is 10.1. The van der Waals surface area contributed by atoms with Crippen molar-refractivity contribution in [2.24, 2.45) is 5.92 Å². The summed E-state index contributed by atoms with van der Waals surface area (Å²) < 4.78 is 0. The van der Waals surface area contributed by atoms with Crippen LogP contribution in [0, 0.1) is 5.92 Å². The van der Waals surface area contributed by atoms with Crippen molar-refractivity contribution in [2.75, 3.05) is 0 Å². The Morgan fingerprint density at radius 1 is 1.31 bits per heavy atom. The van der Waals surface area contributed by atoms with E-state index in [0.717, 1.165) is 22.9 Å². The third kappa shape index (κ3) is 1.98. The van der Waals surface area contributed by atoms with Gasteiger partial charge in [-0.1, -0.05) is 26.0 Å². The van der Waals surface area contributed by atoms with E-state index in [-0.39, 0.29) is 0 Å². The SMILES string of the molecule is CC(C)CC(C)(O)c1cccc2[nH]ccc12. The molecular formula is C14H19NO. The minimum absolute atomic E-state index is 0.476. The van der Waals surface area contributed by atoms with Crippen LogP contribution in [0.1, 0.15) is 32.8 Å². The van der Waals surface area contributed by atoms with E-state index in [4.69, 9.17) is 0 Å². The zero-order chi connectivity index (χ0) is 11.8. The smallest absolute Gasteiger partial charge is 0.0877 e. The number of aromatic amines is 1. The Morgan fingerprint density at radius 2 is 2.06 bits per heavy atom. The maximum Gasteiger partial charge on any atom is 0.0877 e. The molecule has 1 heterocycles. The van der Waals surface area contributed by atoms with Crippen molar-refractivity contribution in [1.82, 2.24) is 4.98 Å². The minimum Gasteiger partial charge on any atom is -0.385 e. The highest BCUT2D eigenvalue weighted by Crippen LogP contribution is 2.32. The van der Waals surface area contributed by atoms with Crippen LogP contribution in [0.5, 0.6) is 0 Å². The van der Waals surface area contributed by atoms with Crippen molar-refractivity contribution < 1.29 is 5.11 Å². The zero-order valence-corrected chi connectivity index (χ0v) is 10.1. The van der Waals surface area contributed by atoms with Gasteiger partial charge in [0.05, 0.1) is 5.60 Å². The van der Waals surface area contributed by atoms with Gasteiger partial charge in [0.25, 0.3) is 0 Å². The molecular weight excluding hydrogens is 198 g/mol. The fourth-order valence-electron chi connectivity index (χ4n) is 2.46. The van der Waals surface area contributed by atoms with Crippen LogP contribution < -0.4 is 0 Å². The number of H-pyrrole nitrogens is 1. The van der Waals surface area contributed by atoms with Gasteiger partial charge in [-0.15, -0.1) is 0 Å². The summed E-state index contributed by atoms with van der Waals surface area (Å²) in [6, 6.07) is 8.06. The first-order valence-electron chi connectivity index (χ1n) is 5.79. The van der Waals surface area contributed by atoms with Gasteiger partial charge >= 0.3 is 0 Å². The van der Waals surface area contributed by atoms with Crippen LogP contribution in [0.4, 0.5) is 0 Å². The maximum absolute atomic E-state index is 10.6. The number of fused-ring (bicyclic) bond motifs is 1. The lowest BCUT2D eigenvalue weighted by molar-refractivity contribution is 0.0363. The Morgan fingerprint density at radius 3 is 2.75 bits per heavy atom. The topological polar surface area (TPSA) is 36.0 Å². The van der Waals surface area contributed by atoms with Crippen molar-refractivity contribution in [3.05, 3.63) is 36.0 Å². The Hall–Kier alpha value is -1.28. The number of aliphatic hydroxyl groups is 1. The molecule has 2 aromatic rings. The summed E-state index contributed by atoms with van der Waals surface area (Å²) in [5.74, 6) is 0.476. The van der Waals surface area contributed by atoms with Crippen molar-refractivity contribution in [1.29, 1.82) is 0 Å². The lowest BCUT2D eigenvalue weighted by Gasteiger charge is -2.26. The van der Waals surface area contributed by atoms with E-state index >= 15 is 0 Å². The van der Waals surface area contributed by atoms with E-state index in [0.29, 0.717) is 5.92 Å². The van der Waals surface area contributed by atoms with E-state index in [9.17, 15) is 5.11 Å². The van der Waals surface area contributed by atoms with Crippen LogP contribution in [0.3, 0.4) is 0 Å². The third-order valence-corrected chi connectivity index (χ3v) is 2.98. The van der Waals surface area contributed by atoms with Gasteiger partial charge in [-0.2, -0.15) is 0 Å². The molecule has 0 fully saturated rings. The Balaban J connectivity index is 2.49. The number of aromatic nitrogens is 1. The van der Waals surface area contributed by atoms with Crippen molar-refractivity contribution in [2.45, 2.75) is 32.8 Å². The van der Waals surface area contributed by atoms with E-state index in [2.05, 4.69) is 18.8 Å². The quantitative estimate of drug-likeness (QED) is 0.812. The van der Waals surface area contributed by atoms with Crippen LogP contribution in [-0.4, -0.2) is 10.1 Å². The van der Waals surface area contributed by atoms with E-state index < -0.39 is 5.60 Å². The molecule has 1 atom stereocenters. The minimum atomic E-state index is -0.754. The molecule has 0 radical (unpaired) electrons. The predicted molar refractivity (Wildman–Crippen MR) is 67.3 cm³/mol. The van der Waals surface area contributed by atoms with Crippen LogP contribution in [0.2, 0.25) is 0 Å². The molecule has 0 aliphatic carbocycles. The Kier molecular flexibility index (Phi) is 2.76. The normalized spacial score (nSPS) is 15.6. The second-order valence-electron chi connectivity index (χ2n) is 5.12. The lowest BCUT2D eigenvalue weighted by Crippen LogP contribution is -2.23. The molecule has 1 aromatic heterocycles. The summed E-state index contributed by atoms with van der Waals surface area (Å²) >= 11 is 0. The second-order valence-corrected chi connectivity index (χ2v) is 5.12. The molecule has 0 bridgehead atoms. The Labute approximate surface area is 96.3 Å². The molecule has 0 aliphatic heterocycles. The highest BCUT2D eigenvalue weighted by Gasteiger charge is 2.26. The number of nitrogens with one attached hydrogen (secondary N) is 1. The van der Waals surface area contributed by atoms with Gasteiger partial charge in [-0.05, 0) is 37.0 Å². The van der Waals surface area contributed by atoms with Crippen molar-refractivity contribution in [3.8, 4) is 0 Å². The molecule has 0 saturated heterocycles. The first-order chi connectivity index (χ1) is 7.50. The molecule has 0 saturated carbocycles. The molecule has 1 aromatic carbocycles. The van der Waals surface area contributed by atoms with E-state index in [1.165, 1.54) is 0 Å². The summed E-state index contributed by atoms with van der Waals surface area (Å²) in [4.78, 5) is 3.17. The molecule has 16 heavy (non-hydrogen) atoms. The van der Waals surface area contributed by atoms with Crippen LogP contribution >= 0.6 is 0 Å². The van der Waals surface area contributed by atoms with Crippen LogP contribution in [0.25, 0.3) is 10.9 Å². The highest BCUT2D eigenvalue weighted by atomic mass is 16.3. The van der Waals surface area contributed by atoms with E-state index in [1.54, 1.807) is 0 Å². The van der Waals surface area contributed by atoms with Crippen molar-refractivity contribution >= 4 is 10.9 Å². The molecule has 0 aliphatic rings. The lowest BCUT2D eigenvalue weighted by atomic mass is 9.86. The van der Waals surface area contributed by atoms with Crippen LogP contribution in [-0.2, 0) is 5.60 Å². The summed E-state index contributed by atoms with van der Waals surface area (Å²) in [6.07, 6.45) is 2.69. The molecule has 2 rings (SSSR count). The molecule has 1 unspecified atom stereocenters. The highest BCUT2D eigenvalue weighted by molar-refractivity contribution is 5.83. The van der Waals surface area contributed by atoms with Crippen LogP contribution in [0.15, 0.2) is 30.5 Å². The van der Waals surface area contributed by atoms with E-state index in [1.807, 2.05) is 37.4 Å². The van der Waals surface area contributed by atoms with Gasteiger partial charge < -0.3 is 10.1 Å². The van der Waals surface area contributed by atoms with Gasteiger partial charge in [-0.3, -0.25) is 0 Å². The largest absolute Gasteiger partial charge is 0.385 e. The number of rotatable bonds is 3. The van der Waals surface area contributed by atoms with Gasteiger partial charge in [0, 0.05) is 17.1 Å².